The van der Waals surface area contributed by atoms with E-state index in [9.17, 15) is 13.5 Å². The molecule has 1 fully saturated rings. The predicted octanol–water partition coefficient (Wildman–Crippen LogP) is 1.96. The van der Waals surface area contributed by atoms with Gasteiger partial charge in [0.2, 0.25) is 15.9 Å². The maximum Gasteiger partial charge on any atom is 0.242 e. The van der Waals surface area contributed by atoms with E-state index < -0.39 is 21.7 Å². The number of hydrogen-bond acceptors (Lipinski definition) is 8. The summed E-state index contributed by atoms with van der Waals surface area (Å²) < 4.78 is 36.7. The Labute approximate surface area is 187 Å². The number of ether oxygens (including phenoxy) is 2. The standard InChI is InChI=1S/C22H26N4O5S/c1-22(2,27)16-6-4-15(5-7-16)18-12-19-20(24-9-8-23-19)21(25-18)31-14-17-13-26(10-11-30-17)32(3,28)29/h4-9,12,17,27H,10-11,13-14H2,1-3H3/t17-/m0/s1. The highest BCUT2D eigenvalue weighted by atomic mass is 32.2. The molecule has 0 aliphatic carbocycles. The van der Waals surface area contributed by atoms with Crippen LogP contribution in [0, 0.1) is 0 Å². The molecule has 9 nitrogen and oxygen atoms in total. The molecular weight excluding hydrogens is 432 g/mol. The molecule has 1 atom stereocenters. The van der Waals surface area contributed by atoms with Crippen molar-refractivity contribution in [3.63, 3.8) is 0 Å². The Morgan fingerprint density at radius 2 is 1.94 bits per heavy atom. The SMILES string of the molecule is CC(C)(O)c1ccc(-c2cc3nccnc3c(OC[C@@H]3CN(S(C)(=O)=O)CCO3)n2)cc1. The average molecular weight is 459 g/mol. The molecule has 0 bridgehead atoms. The third kappa shape index (κ3) is 5.04. The second-order valence-electron chi connectivity index (χ2n) is 8.30. The first-order valence-corrected chi connectivity index (χ1v) is 12.1. The number of fused-ring (bicyclic) bond motifs is 1. The number of sulfonamides is 1. The fraction of sp³-hybridized carbons (Fsp3) is 0.409. The van der Waals surface area contributed by atoms with Crippen molar-refractivity contribution in [2.45, 2.75) is 25.6 Å². The second-order valence-corrected chi connectivity index (χ2v) is 10.3. The van der Waals surface area contributed by atoms with E-state index in [1.807, 2.05) is 30.3 Å². The number of pyridine rings is 1. The maximum atomic E-state index is 11.9. The number of aliphatic hydroxyl groups is 1. The van der Waals surface area contributed by atoms with Gasteiger partial charge in [-0.3, -0.25) is 4.98 Å². The van der Waals surface area contributed by atoms with Crippen LogP contribution in [0.25, 0.3) is 22.3 Å². The Morgan fingerprint density at radius 1 is 1.22 bits per heavy atom. The summed E-state index contributed by atoms with van der Waals surface area (Å²) in [5.74, 6) is 0.303. The Balaban J connectivity index is 1.60. The van der Waals surface area contributed by atoms with E-state index in [1.54, 1.807) is 26.2 Å². The summed E-state index contributed by atoms with van der Waals surface area (Å²) in [5.41, 5.74) is 2.49. The zero-order valence-electron chi connectivity index (χ0n) is 18.2. The Kier molecular flexibility index (Phi) is 6.13. The predicted molar refractivity (Wildman–Crippen MR) is 120 cm³/mol. The molecule has 1 aromatic carbocycles. The molecule has 2 aromatic heterocycles. The van der Waals surface area contributed by atoms with Crippen molar-refractivity contribution >= 4 is 21.1 Å². The summed E-state index contributed by atoms with van der Waals surface area (Å²) in [6.07, 6.45) is 3.94. The van der Waals surface area contributed by atoms with Crippen LogP contribution in [0.3, 0.4) is 0 Å². The van der Waals surface area contributed by atoms with Crippen LogP contribution in [0.4, 0.5) is 0 Å². The molecule has 4 rings (SSSR count). The molecule has 3 aromatic rings. The molecule has 0 unspecified atom stereocenters. The summed E-state index contributed by atoms with van der Waals surface area (Å²) >= 11 is 0. The Morgan fingerprint density at radius 3 is 2.62 bits per heavy atom. The van der Waals surface area contributed by atoms with Crippen LogP contribution in [0.5, 0.6) is 5.88 Å². The number of rotatable bonds is 6. The van der Waals surface area contributed by atoms with Gasteiger partial charge in [-0.2, -0.15) is 4.31 Å². The lowest BCUT2D eigenvalue weighted by Gasteiger charge is -2.30. The first-order chi connectivity index (χ1) is 15.1. The molecule has 1 aliphatic rings. The molecule has 0 spiro atoms. The van der Waals surface area contributed by atoms with E-state index in [1.165, 1.54) is 10.6 Å². The van der Waals surface area contributed by atoms with Crippen LogP contribution in [0.1, 0.15) is 19.4 Å². The largest absolute Gasteiger partial charge is 0.473 e. The van der Waals surface area contributed by atoms with Crippen LogP contribution in [0.2, 0.25) is 0 Å². The molecule has 0 amide bonds. The summed E-state index contributed by atoms with van der Waals surface area (Å²) in [7, 11) is -3.29. The third-order valence-corrected chi connectivity index (χ3v) is 6.56. The Bertz CT molecular complexity index is 1210. The van der Waals surface area contributed by atoms with Crippen LogP contribution < -0.4 is 4.74 Å². The van der Waals surface area contributed by atoms with Crippen LogP contribution in [-0.2, 0) is 20.4 Å². The van der Waals surface area contributed by atoms with E-state index in [4.69, 9.17) is 9.47 Å². The van der Waals surface area contributed by atoms with Crippen LogP contribution in [0.15, 0.2) is 42.7 Å². The van der Waals surface area contributed by atoms with Crippen molar-refractivity contribution < 1.29 is 23.0 Å². The summed E-state index contributed by atoms with van der Waals surface area (Å²) in [6.45, 7) is 4.46. The van der Waals surface area contributed by atoms with E-state index in [0.717, 1.165) is 11.1 Å². The highest BCUT2D eigenvalue weighted by Crippen LogP contribution is 2.29. The van der Waals surface area contributed by atoms with Gasteiger partial charge in [0, 0.05) is 31.0 Å². The zero-order valence-corrected chi connectivity index (χ0v) is 19.0. The molecule has 1 saturated heterocycles. The van der Waals surface area contributed by atoms with Crippen molar-refractivity contribution in [3.05, 3.63) is 48.3 Å². The maximum absolute atomic E-state index is 11.9. The van der Waals surface area contributed by atoms with Gasteiger partial charge in [-0.1, -0.05) is 24.3 Å². The molecule has 10 heteroatoms. The van der Waals surface area contributed by atoms with E-state index in [0.29, 0.717) is 35.8 Å². The number of morpholine rings is 1. The van der Waals surface area contributed by atoms with E-state index in [2.05, 4.69) is 15.0 Å². The second kappa shape index (κ2) is 8.70. The molecule has 1 N–H and O–H groups in total. The monoisotopic (exact) mass is 458 g/mol. The fourth-order valence-electron chi connectivity index (χ4n) is 3.51. The molecule has 32 heavy (non-hydrogen) atoms. The summed E-state index contributed by atoms with van der Waals surface area (Å²) in [5, 5.41) is 10.2. The average Bonchev–Trinajstić information content (AvgIpc) is 2.76. The van der Waals surface area contributed by atoms with Crippen molar-refractivity contribution in [1.82, 2.24) is 19.3 Å². The van der Waals surface area contributed by atoms with Crippen LogP contribution in [-0.4, -0.2) is 71.4 Å². The lowest BCUT2D eigenvalue weighted by molar-refractivity contribution is -0.0252. The molecule has 0 saturated carbocycles. The van der Waals surface area contributed by atoms with E-state index in [-0.39, 0.29) is 13.2 Å². The minimum atomic E-state index is -3.29. The van der Waals surface area contributed by atoms with Gasteiger partial charge in [0.15, 0.2) is 5.52 Å². The number of benzene rings is 1. The lowest BCUT2D eigenvalue weighted by Crippen LogP contribution is -2.47. The van der Waals surface area contributed by atoms with Crippen molar-refractivity contribution in [3.8, 4) is 17.1 Å². The smallest absolute Gasteiger partial charge is 0.242 e. The first-order valence-electron chi connectivity index (χ1n) is 10.3. The van der Waals surface area contributed by atoms with Gasteiger partial charge in [-0.15, -0.1) is 0 Å². The first kappa shape index (κ1) is 22.5. The minimum Gasteiger partial charge on any atom is -0.473 e. The summed E-state index contributed by atoms with van der Waals surface area (Å²) in [6, 6.07) is 9.31. The molecule has 0 radical (unpaired) electrons. The number of aromatic nitrogens is 3. The number of hydrogen-bond donors (Lipinski definition) is 1. The van der Waals surface area contributed by atoms with Gasteiger partial charge in [0.25, 0.3) is 0 Å². The van der Waals surface area contributed by atoms with E-state index >= 15 is 0 Å². The quantitative estimate of drug-likeness (QED) is 0.596. The van der Waals surface area contributed by atoms with Gasteiger partial charge in [-0.25, -0.2) is 18.4 Å². The van der Waals surface area contributed by atoms with Gasteiger partial charge >= 0.3 is 0 Å². The molecule has 1 aliphatic heterocycles. The zero-order chi connectivity index (χ0) is 22.9. The Hall–Kier alpha value is -2.66. The van der Waals surface area contributed by atoms with Gasteiger partial charge in [-0.05, 0) is 25.5 Å². The number of nitrogens with zero attached hydrogens (tertiary/aromatic N) is 4. The highest BCUT2D eigenvalue weighted by molar-refractivity contribution is 7.88. The van der Waals surface area contributed by atoms with Crippen molar-refractivity contribution in [1.29, 1.82) is 0 Å². The summed E-state index contributed by atoms with van der Waals surface area (Å²) in [4.78, 5) is 13.4. The molecular formula is C22H26N4O5S. The molecule has 3 heterocycles. The lowest BCUT2D eigenvalue weighted by atomic mass is 9.96. The highest BCUT2D eigenvalue weighted by Gasteiger charge is 2.27. The van der Waals surface area contributed by atoms with Crippen LogP contribution >= 0.6 is 0 Å². The molecule has 170 valence electrons. The third-order valence-electron chi connectivity index (χ3n) is 5.29. The normalized spacial score (nSPS) is 18.1. The van der Waals surface area contributed by atoms with Gasteiger partial charge < -0.3 is 14.6 Å². The van der Waals surface area contributed by atoms with Gasteiger partial charge in [0.1, 0.15) is 12.7 Å². The van der Waals surface area contributed by atoms with Crippen molar-refractivity contribution in [2.24, 2.45) is 0 Å². The fourth-order valence-corrected chi connectivity index (χ4v) is 4.35. The van der Waals surface area contributed by atoms with Gasteiger partial charge in [0.05, 0.1) is 29.7 Å². The topological polar surface area (TPSA) is 115 Å². The minimum absolute atomic E-state index is 0.131. The van der Waals surface area contributed by atoms with Crippen molar-refractivity contribution in [2.75, 3.05) is 32.6 Å².